The van der Waals surface area contributed by atoms with E-state index in [2.05, 4.69) is 19.6 Å². The maximum absolute atomic E-state index is 14.2. The Kier molecular flexibility index (Phi) is 7.29. The van der Waals surface area contributed by atoms with Gasteiger partial charge in [-0.2, -0.15) is 4.36 Å². The number of aryl methyl sites for hydroxylation is 1. The molecule has 5 rings (SSSR count). The van der Waals surface area contributed by atoms with Crippen LogP contribution >= 0.6 is 0 Å². The number of nitrogens with one attached hydrogen (secondary N) is 1. The van der Waals surface area contributed by atoms with Crippen LogP contribution < -0.4 is 10.1 Å². The summed E-state index contributed by atoms with van der Waals surface area (Å²) in [4.78, 5) is 34.8. The summed E-state index contributed by atoms with van der Waals surface area (Å²) in [6.07, 6.45) is 3.05. The predicted molar refractivity (Wildman–Crippen MR) is 144 cm³/mol. The molecule has 1 N–H and O–H groups in total. The number of carbonyl (C=O) groups is 2. The van der Waals surface area contributed by atoms with E-state index >= 15 is 0 Å². The fourth-order valence-electron chi connectivity index (χ4n) is 4.86. The monoisotopic (exact) mass is 539 g/mol. The molecule has 0 saturated carbocycles. The lowest BCUT2D eigenvalue weighted by Gasteiger charge is -2.29. The zero-order valence-corrected chi connectivity index (χ0v) is 22.2. The van der Waals surface area contributed by atoms with Crippen LogP contribution in [-0.4, -0.2) is 61.5 Å². The van der Waals surface area contributed by atoms with Crippen LogP contribution in [0.25, 0.3) is 10.9 Å². The van der Waals surface area contributed by atoms with Crippen molar-refractivity contribution in [2.45, 2.75) is 45.6 Å². The topological polar surface area (TPSA) is 114 Å². The van der Waals surface area contributed by atoms with Gasteiger partial charge in [0.15, 0.2) is 6.10 Å². The molecule has 2 saturated heterocycles. The van der Waals surface area contributed by atoms with Gasteiger partial charge in [0.05, 0.1) is 26.6 Å². The zero-order valence-electron chi connectivity index (χ0n) is 21.4. The number of hydrogen-bond acceptors (Lipinski definition) is 8. The molecule has 0 radical (unpaired) electrons. The van der Waals surface area contributed by atoms with Crippen molar-refractivity contribution in [3.63, 3.8) is 0 Å². The van der Waals surface area contributed by atoms with E-state index in [-0.39, 0.29) is 17.4 Å². The maximum atomic E-state index is 14.2. The van der Waals surface area contributed by atoms with Crippen LogP contribution in [0, 0.1) is 12.7 Å². The highest BCUT2D eigenvalue weighted by Crippen LogP contribution is 2.34. The first kappa shape index (κ1) is 26.0. The summed E-state index contributed by atoms with van der Waals surface area (Å²) in [6.45, 7) is 4.23. The number of halogens is 1. The summed E-state index contributed by atoms with van der Waals surface area (Å²) in [5.41, 5.74) is 2.54. The molecule has 0 bridgehead atoms. The van der Waals surface area contributed by atoms with E-state index in [1.165, 1.54) is 24.5 Å². The lowest BCUT2D eigenvalue weighted by Crippen LogP contribution is -2.44. The van der Waals surface area contributed by atoms with Gasteiger partial charge in [-0.3, -0.25) is 9.59 Å². The van der Waals surface area contributed by atoms with Crippen LogP contribution in [0.3, 0.4) is 0 Å². The lowest BCUT2D eigenvalue weighted by molar-refractivity contribution is -0.140. The number of ether oxygens (including phenoxy) is 1. The maximum Gasteiger partial charge on any atom is 0.263 e. The molecule has 2 aliphatic heterocycles. The fraction of sp³-hybridized carbons (Fsp3) is 0.407. The molecule has 0 unspecified atom stereocenters. The van der Waals surface area contributed by atoms with Gasteiger partial charge >= 0.3 is 0 Å². The molecular weight excluding hydrogens is 509 g/mol. The number of aromatic nitrogens is 2. The average molecular weight is 540 g/mol. The smallest absolute Gasteiger partial charge is 0.263 e. The quantitative estimate of drug-likeness (QED) is 0.484. The molecular formula is C27H30FN5O4S. The number of rotatable bonds is 6. The Labute approximate surface area is 221 Å². The highest BCUT2D eigenvalue weighted by atomic mass is 32.2. The minimum atomic E-state index is -2.22. The van der Waals surface area contributed by atoms with Crippen molar-refractivity contribution in [3.8, 4) is 5.75 Å². The van der Waals surface area contributed by atoms with Gasteiger partial charge < -0.3 is 15.0 Å². The van der Waals surface area contributed by atoms with E-state index in [0.29, 0.717) is 60.1 Å². The average Bonchev–Trinajstić information content (AvgIpc) is 3.31. The summed E-state index contributed by atoms with van der Waals surface area (Å²) in [7, 11) is -2.22. The molecule has 9 nitrogen and oxygen atoms in total. The van der Waals surface area contributed by atoms with Crippen molar-refractivity contribution in [2.24, 2.45) is 4.36 Å². The number of likely N-dealkylation sites (tertiary alicyclic amines) is 1. The van der Waals surface area contributed by atoms with Gasteiger partial charge in [-0.15, -0.1) is 0 Å². The Hall–Kier alpha value is -3.60. The lowest BCUT2D eigenvalue weighted by atomic mass is 10.1. The Morgan fingerprint density at radius 2 is 1.89 bits per heavy atom. The number of anilines is 2. The molecule has 3 aromatic rings. The number of piperidine rings is 1. The van der Waals surface area contributed by atoms with Crippen LogP contribution in [0.1, 0.15) is 38.2 Å². The molecule has 11 heteroatoms. The Morgan fingerprint density at radius 3 is 2.63 bits per heavy atom. The number of amides is 1. The van der Waals surface area contributed by atoms with Crippen LogP contribution in [0.4, 0.5) is 21.6 Å². The van der Waals surface area contributed by atoms with Gasteiger partial charge in [0.2, 0.25) is 0 Å². The van der Waals surface area contributed by atoms with Crippen molar-refractivity contribution in [1.29, 1.82) is 0 Å². The molecule has 38 heavy (non-hydrogen) atoms. The van der Waals surface area contributed by atoms with Gasteiger partial charge in [-0.25, -0.2) is 18.6 Å². The summed E-state index contributed by atoms with van der Waals surface area (Å²) < 4.78 is 37.6. The molecule has 2 aliphatic rings. The number of nitrogens with zero attached hydrogens (tertiary/aromatic N) is 4. The number of carbonyl (C=O) groups excluding carboxylic acids is 2. The molecule has 0 aliphatic carbocycles. The number of benzene rings is 2. The summed E-state index contributed by atoms with van der Waals surface area (Å²) in [5, 5.41) is 3.95. The van der Waals surface area contributed by atoms with E-state index in [1.807, 2.05) is 13.0 Å². The second-order valence-corrected chi connectivity index (χ2v) is 12.3. The third-order valence-electron chi connectivity index (χ3n) is 6.85. The number of hydrogen-bond donors (Lipinski definition) is 1. The second kappa shape index (κ2) is 10.6. The fourth-order valence-corrected chi connectivity index (χ4v) is 7.05. The molecule has 2 fully saturated rings. The van der Waals surface area contributed by atoms with Crippen LogP contribution in [-0.2, 0) is 19.3 Å². The van der Waals surface area contributed by atoms with E-state index in [9.17, 15) is 18.2 Å². The van der Waals surface area contributed by atoms with E-state index < -0.39 is 21.7 Å². The molecule has 1 aromatic heterocycles. The summed E-state index contributed by atoms with van der Waals surface area (Å²) in [5.74, 6) is 1.25. The normalized spacial score (nSPS) is 17.9. The van der Waals surface area contributed by atoms with Crippen molar-refractivity contribution in [1.82, 2.24) is 14.9 Å². The predicted octanol–water partition coefficient (Wildman–Crippen LogP) is 4.67. The van der Waals surface area contributed by atoms with E-state index in [1.54, 1.807) is 17.9 Å². The molecule has 3 heterocycles. The Bertz CT molecular complexity index is 1510. The minimum absolute atomic E-state index is 0.139. The van der Waals surface area contributed by atoms with Crippen molar-refractivity contribution in [3.05, 3.63) is 48.0 Å². The Balaban J connectivity index is 1.42. The van der Waals surface area contributed by atoms with Gasteiger partial charge in [-0.1, -0.05) is 0 Å². The number of ketones is 1. The van der Waals surface area contributed by atoms with Crippen LogP contribution in [0.5, 0.6) is 5.75 Å². The SMILES string of the molecule is Cc1cc(N=S2(=O)CCCC2)cc2ncnc(Nc3ccc(F)cc3O[C@H](C)C(=O)N3CCC(=O)CC3)c12. The third-order valence-corrected chi connectivity index (χ3v) is 9.25. The van der Waals surface area contributed by atoms with Crippen LogP contribution in [0.15, 0.2) is 41.0 Å². The summed E-state index contributed by atoms with van der Waals surface area (Å²) >= 11 is 0. The van der Waals surface area contributed by atoms with Gasteiger partial charge in [-0.05, 0) is 56.5 Å². The molecule has 0 spiro atoms. The van der Waals surface area contributed by atoms with Crippen LogP contribution in [0.2, 0.25) is 0 Å². The Morgan fingerprint density at radius 1 is 1.16 bits per heavy atom. The molecule has 200 valence electrons. The standard InChI is InChI=1S/C27H30FN5O4S/c1-17-13-20(32-38(36)11-3-4-12-38)15-23-25(17)26(30-16-29-23)31-22-6-5-19(28)14-24(22)37-18(2)27(35)33-9-7-21(34)8-10-33/h5-6,13-16,18H,3-4,7-12H2,1-2H3,(H,29,30,31)/t18-/m1/s1. The molecule has 1 atom stereocenters. The van der Waals surface area contributed by atoms with E-state index in [0.717, 1.165) is 23.8 Å². The zero-order chi connectivity index (χ0) is 26.9. The minimum Gasteiger partial charge on any atom is -0.479 e. The highest BCUT2D eigenvalue weighted by Gasteiger charge is 2.27. The van der Waals surface area contributed by atoms with Crippen molar-refractivity contribution < 1.29 is 22.9 Å². The summed E-state index contributed by atoms with van der Waals surface area (Å²) in [6, 6.07) is 7.71. The highest BCUT2D eigenvalue weighted by molar-refractivity contribution is 7.93. The largest absolute Gasteiger partial charge is 0.479 e. The second-order valence-electron chi connectivity index (χ2n) is 9.75. The number of Topliss-reactive ketones (excluding diaryl/α,β-unsaturated/α-hetero) is 1. The van der Waals surface area contributed by atoms with Gasteiger partial charge in [0, 0.05) is 48.9 Å². The molecule has 1 amide bonds. The number of fused-ring (bicyclic) bond motifs is 1. The first-order valence-corrected chi connectivity index (χ1v) is 14.6. The van der Waals surface area contributed by atoms with Gasteiger partial charge in [0.1, 0.15) is 29.5 Å². The molecule has 2 aromatic carbocycles. The third kappa shape index (κ3) is 5.62. The van der Waals surface area contributed by atoms with Gasteiger partial charge in [0.25, 0.3) is 5.91 Å². The first-order valence-electron chi connectivity index (χ1n) is 12.7. The first-order chi connectivity index (χ1) is 18.2. The van der Waals surface area contributed by atoms with E-state index in [4.69, 9.17) is 4.74 Å². The van der Waals surface area contributed by atoms with Crippen molar-refractivity contribution >= 4 is 49.5 Å². The van der Waals surface area contributed by atoms with Crippen molar-refractivity contribution in [2.75, 3.05) is 29.9 Å².